The van der Waals surface area contributed by atoms with E-state index in [1.807, 2.05) is 12.2 Å². The van der Waals surface area contributed by atoms with Crippen LogP contribution >= 0.6 is 0 Å². The minimum absolute atomic E-state index is 0.00583. The van der Waals surface area contributed by atoms with Crippen molar-refractivity contribution in [1.82, 2.24) is 0 Å². The first-order valence-electron chi connectivity index (χ1n) is 6.63. The van der Waals surface area contributed by atoms with Crippen LogP contribution in [0.5, 0.6) is 0 Å². The van der Waals surface area contributed by atoms with Crippen molar-refractivity contribution in [2.45, 2.75) is 26.7 Å². The molecule has 0 spiro atoms. The standard InChI is InChI=1S/C15H18O4/c1-14(2)5-11(12(17)6-14)15-4-3-10(15)9(7-16)13(18)19-8-15/h3-4,11,16H,5-8H2,1-2H3/t11-,15?/m0/s1. The van der Waals surface area contributed by atoms with Crippen LogP contribution < -0.4 is 0 Å². The highest BCUT2D eigenvalue weighted by Gasteiger charge is 2.56. The largest absolute Gasteiger partial charge is 0.461 e. The molecule has 1 unspecified atom stereocenters. The number of cyclic esters (lactones) is 1. The summed E-state index contributed by atoms with van der Waals surface area (Å²) in [4.78, 5) is 23.9. The van der Waals surface area contributed by atoms with E-state index >= 15 is 0 Å². The topological polar surface area (TPSA) is 63.6 Å². The van der Waals surface area contributed by atoms with Crippen LogP contribution in [0.2, 0.25) is 0 Å². The Bertz CT molecular complexity index is 526. The van der Waals surface area contributed by atoms with Gasteiger partial charge in [0.25, 0.3) is 0 Å². The number of hydrogen-bond donors (Lipinski definition) is 1. The molecule has 0 aromatic carbocycles. The number of aliphatic hydroxyl groups is 1. The Morgan fingerprint density at radius 1 is 1.42 bits per heavy atom. The quantitative estimate of drug-likeness (QED) is 0.764. The normalized spacial score (nSPS) is 36.1. The van der Waals surface area contributed by atoms with E-state index in [2.05, 4.69) is 13.8 Å². The number of carbonyl (C=O) groups is 2. The summed E-state index contributed by atoms with van der Waals surface area (Å²) in [6, 6.07) is 0. The van der Waals surface area contributed by atoms with Gasteiger partial charge in [-0.1, -0.05) is 26.0 Å². The molecule has 1 saturated carbocycles. The van der Waals surface area contributed by atoms with Gasteiger partial charge in [-0.3, -0.25) is 4.79 Å². The van der Waals surface area contributed by atoms with E-state index in [0.29, 0.717) is 12.0 Å². The molecule has 0 radical (unpaired) electrons. The van der Waals surface area contributed by atoms with E-state index < -0.39 is 11.4 Å². The molecule has 1 aliphatic heterocycles. The summed E-state index contributed by atoms with van der Waals surface area (Å²) in [7, 11) is 0. The summed E-state index contributed by atoms with van der Waals surface area (Å²) in [5.41, 5.74) is 0.649. The van der Waals surface area contributed by atoms with Crippen LogP contribution in [-0.4, -0.2) is 30.1 Å². The van der Waals surface area contributed by atoms with Crippen molar-refractivity contribution >= 4 is 11.8 Å². The molecule has 0 amide bonds. The maximum Gasteiger partial charge on any atom is 0.336 e. The van der Waals surface area contributed by atoms with Gasteiger partial charge in [-0.15, -0.1) is 0 Å². The number of esters is 1. The molecule has 0 saturated heterocycles. The minimum atomic E-state index is -0.475. The van der Waals surface area contributed by atoms with Crippen LogP contribution in [0.3, 0.4) is 0 Å². The Kier molecular flexibility index (Phi) is 2.52. The zero-order valence-electron chi connectivity index (χ0n) is 11.2. The van der Waals surface area contributed by atoms with Gasteiger partial charge in [0.15, 0.2) is 0 Å². The van der Waals surface area contributed by atoms with Gasteiger partial charge in [0, 0.05) is 12.3 Å². The maximum absolute atomic E-state index is 12.3. The molecule has 1 heterocycles. The lowest BCUT2D eigenvalue weighted by atomic mass is 9.60. The summed E-state index contributed by atoms with van der Waals surface area (Å²) < 4.78 is 5.19. The van der Waals surface area contributed by atoms with Crippen molar-refractivity contribution < 1.29 is 19.4 Å². The third-order valence-corrected chi connectivity index (χ3v) is 4.64. The second-order valence-corrected chi connectivity index (χ2v) is 6.56. The van der Waals surface area contributed by atoms with E-state index in [-0.39, 0.29) is 30.3 Å². The maximum atomic E-state index is 12.3. The van der Waals surface area contributed by atoms with Gasteiger partial charge in [0.05, 0.1) is 17.6 Å². The highest BCUT2D eigenvalue weighted by atomic mass is 16.5. The average molecular weight is 262 g/mol. The second-order valence-electron chi connectivity index (χ2n) is 6.56. The van der Waals surface area contributed by atoms with Crippen molar-refractivity contribution in [3.05, 3.63) is 23.3 Å². The first kappa shape index (κ1) is 12.6. The highest BCUT2D eigenvalue weighted by molar-refractivity contribution is 5.94. The molecule has 0 aromatic rings. The molecule has 19 heavy (non-hydrogen) atoms. The van der Waals surface area contributed by atoms with Gasteiger partial charge in [0.1, 0.15) is 12.4 Å². The SMILES string of the molecule is CC1(C)CC(=O)[C@@H](C23C=CC2=C(CO)C(=O)OC3)C1. The molecule has 0 aromatic heterocycles. The zero-order valence-corrected chi connectivity index (χ0v) is 11.2. The molecule has 4 nitrogen and oxygen atoms in total. The zero-order chi connectivity index (χ0) is 13.8. The predicted octanol–water partition coefficient (Wildman–Crippen LogP) is 1.39. The molecule has 2 atom stereocenters. The van der Waals surface area contributed by atoms with Crippen LogP contribution in [-0.2, 0) is 14.3 Å². The van der Waals surface area contributed by atoms with E-state index in [4.69, 9.17) is 4.74 Å². The summed E-state index contributed by atoms with van der Waals surface area (Å²) in [5, 5.41) is 9.33. The molecule has 102 valence electrons. The van der Waals surface area contributed by atoms with Gasteiger partial charge in [-0.2, -0.15) is 0 Å². The van der Waals surface area contributed by atoms with Crippen LogP contribution in [0.25, 0.3) is 0 Å². The average Bonchev–Trinajstić information content (AvgIpc) is 2.57. The Morgan fingerprint density at radius 3 is 2.63 bits per heavy atom. The number of ether oxygens (including phenoxy) is 1. The molecule has 3 rings (SSSR count). The number of allylic oxidation sites excluding steroid dienone is 1. The Morgan fingerprint density at radius 2 is 2.16 bits per heavy atom. The summed E-state index contributed by atoms with van der Waals surface area (Å²) in [6.45, 7) is 4.09. The van der Waals surface area contributed by atoms with E-state index in [1.54, 1.807) is 0 Å². The minimum Gasteiger partial charge on any atom is -0.461 e. The second kappa shape index (κ2) is 3.79. The summed E-state index contributed by atoms with van der Waals surface area (Å²) in [5.74, 6) is -0.346. The molecular formula is C15H18O4. The number of hydrogen-bond acceptors (Lipinski definition) is 4. The molecule has 2 aliphatic carbocycles. The number of carbonyl (C=O) groups excluding carboxylic acids is 2. The fraction of sp³-hybridized carbons (Fsp3) is 0.600. The first-order valence-corrected chi connectivity index (χ1v) is 6.63. The Balaban J connectivity index is 2.02. The molecule has 0 bridgehead atoms. The van der Waals surface area contributed by atoms with Crippen LogP contribution in [0.1, 0.15) is 26.7 Å². The van der Waals surface area contributed by atoms with Crippen molar-refractivity contribution in [3.8, 4) is 0 Å². The molecule has 4 heteroatoms. The van der Waals surface area contributed by atoms with Gasteiger partial charge in [0.2, 0.25) is 0 Å². The summed E-state index contributed by atoms with van der Waals surface area (Å²) >= 11 is 0. The van der Waals surface area contributed by atoms with Gasteiger partial charge >= 0.3 is 5.97 Å². The third-order valence-electron chi connectivity index (χ3n) is 4.64. The predicted molar refractivity (Wildman–Crippen MR) is 68.2 cm³/mol. The Labute approximate surface area is 112 Å². The van der Waals surface area contributed by atoms with Gasteiger partial charge in [-0.05, 0) is 17.4 Å². The Hall–Kier alpha value is -1.42. The van der Waals surface area contributed by atoms with Crippen LogP contribution in [0.4, 0.5) is 0 Å². The van der Waals surface area contributed by atoms with E-state index in [9.17, 15) is 14.7 Å². The number of rotatable bonds is 2. The van der Waals surface area contributed by atoms with Crippen molar-refractivity contribution in [3.63, 3.8) is 0 Å². The van der Waals surface area contributed by atoms with Crippen LogP contribution in [0, 0.1) is 16.7 Å². The van der Waals surface area contributed by atoms with Gasteiger partial charge in [-0.25, -0.2) is 4.79 Å². The molecule has 3 aliphatic rings. The smallest absolute Gasteiger partial charge is 0.336 e. The highest BCUT2D eigenvalue weighted by Crippen LogP contribution is 2.56. The monoisotopic (exact) mass is 262 g/mol. The lowest BCUT2D eigenvalue weighted by molar-refractivity contribution is -0.146. The fourth-order valence-corrected chi connectivity index (χ4v) is 3.63. The van der Waals surface area contributed by atoms with Crippen LogP contribution in [0.15, 0.2) is 23.3 Å². The number of fused-ring (bicyclic) bond motifs is 1. The third kappa shape index (κ3) is 1.62. The van der Waals surface area contributed by atoms with Crippen molar-refractivity contribution in [1.29, 1.82) is 0 Å². The van der Waals surface area contributed by atoms with E-state index in [0.717, 1.165) is 12.0 Å². The summed E-state index contributed by atoms with van der Waals surface area (Å²) in [6.07, 6.45) is 5.18. The molecule has 1 fully saturated rings. The first-order chi connectivity index (χ1) is 8.89. The number of ketones is 1. The van der Waals surface area contributed by atoms with E-state index in [1.165, 1.54) is 0 Å². The number of Topliss-reactive ketones (excluding diaryl/α,β-unsaturated/α-hetero) is 1. The molecule has 1 N–H and O–H groups in total. The van der Waals surface area contributed by atoms with Crippen molar-refractivity contribution in [2.24, 2.45) is 16.7 Å². The molecular weight excluding hydrogens is 244 g/mol. The fourth-order valence-electron chi connectivity index (χ4n) is 3.63. The van der Waals surface area contributed by atoms with Crippen molar-refractivity contribution in [2.75, 3.05) is 13.2 Å². The van der Waals surface area contributed by atoms with Gasteiger partial charge < -0.3 is 9.84 Å². The lowest BCUT2D eigenvalue weighted by Gasteiger charge is -2.45. The lowest BCUT2D eigenvalue weighted by Crippen LogP contribution is -2.47. The number of aliphatic hydroxyl groups excluding tert-OH is 1.